The summed E-state index contributed by atoms with van der Waals surface area (Å²) in [5.74, 6) is 1.27. The molecular weight excluding hydrogens is 442 g/mol. The summed E-state index contributed by atoms with van der Waals surface area (Å²) in [6, 6.07) is 17.8. The van der Waals surface area contributed by atoms with Gasteiger partial charge in [0.15, 0.2) is 5.82 Å². The highest BCUT2D eigenvalue weighted by Crippen LogP contribution is 2.24. The number of carbonyl (C=O) groups excluding carboxylic acids is 1. The molecular formula is C27H23N5O3. The average Bonchev–Trinajstić information content (AvgIpc) is 3.14. The number of aryl methyl sites for hydroxylation is 1. The average molecular weight is 466 g/mol. The molecule has 0 spiro atoms. The Bertz CT molecular complexity index is 1550. The van der Waals surface area contributed by atoms with Gasteiger partial charge in [-0.2, -0.15) is 5.26 Å². The Balaban J connectivity index is 1.67. The van der Waals surface area contributed by atoms with E-state index < -0.39 is 11.5 Å². The molecule has 2 aromatic carbocycles. The van der Waals surface area contributed by atoms with E-state index in [1.54, 1.807) is 49.6 Å². The normalized spacial score (nSPS) is 13.7. The number of fused-ring (bicyclic) bond motifs is 2. The predicted molar refractivity (Wildman–Crippen MR) is 132 cm³/mol. The SMILES string of the molecule is COc1ccc(C=C(C#N)C(=O)n2c(=O)c(-c3nnc4n3CCCCC4)cc3ccccc32)cc1. The van der Waals surface area contributed by atoms with E-state index in [4.69, 9.17) is 4.74 Å². The molecule has 5 rings (SSSR count). The number of pyridine rings is 1. The Morgan fingerprint density at radius 1 is 1.09 bits per heavy atom. The zero-order valence-corrected chi connectivity index (χ0v) is 19.3. The summed E-state index contributed by atoms with van der Waals surface area (Å²) in [6.07, 6.45) is 5.36. The lowest BCUT2D eigenvalue weighted by atomic mass is 10.1. The maximum Gasteiger partial charge on any atom is 0.276 e. The minimum Gasteiger partial charge on any atom is -0.497 e. The van der Waals surface area contributed by atoms with Gasteiger partial charge in [0.2, 0.25) is 0 Å². The van der Waals surface area contributed by atoms with Crippen molar-refractivity contribution in [1.82, 2.24) is 19.3 Å². The standard InChI is InChI=1S/C27H23N5O3/c1-35-21-12-10-18(11-13-21)15-20(17-28)26(33)32-23-8-5-4-7-19(23)16-22(27(32)34)25-30-29-24-9-3-2-6-14-31(24)25/h4-5,7-8,10-13,15-16H,2-3,6,9,14H2,1H3. The zero-order valence-electron chi connectivity index (χ0n) is 19.3. The quantitative estimate of drug-likeness (QED) is 0.330. The fourth-order valence-electron chi connectivity index (χ4n) is 4.44. The van der Waals surface area contributed by atoms with Crippen LogP contribution in [-0.4, -0.2) is 32.3 Å². The van der Waals surface area contributed by atoms with E-state index in [1.807, 2.05) is 22.8 Å². The molecule has 1 aliphatic rings. The summed E-state index contributed by atoms with van der Waals surface area (Å²) in [7, 11) is 1.56. The fraction of sp³-hybridized carbons (Fsp3) is 0.222. The Morgan fingerprint density at radius 2 is 1.89 bits per heavy atom. The molecule has 8 heteroatoms. The summed E-state index contributed by atoms with van der Waals surface area (Å²) in [5.41, 5.74) is 0.688. The molecule has 174 valence electrons. The topological polar surface area (TPSA) is 103 Å². The number of aromatic nitrogens is 4. The fourth-order valence-corrected chi connectivity index (χ4v) is 4.44. The number of rotatable bonds is 4. The number of nitrogens with zero attached hydrogens (tertiary/aromatic N) is 5. The van der Waals surface area contributed by atoms with Gasteiger partial charge in [0, 0.05) is 13.0 Å². The molecule has 0 aliphatic carbocycles. The van der Waals surface area contributed by atoms with Crippen LogP contribution in [0.1, 0.15) is 35.4 Å². The van der Waals surface area contributed by atoms with Crippen molar-refractivity contribution < 1.29 is 9.53 Å². The van der Waals surface area contributed by atoms with Crippen LogP contribution in [0.15, 0.2) is 65.0 Å². The van der Waals surface area contributed by atoms with E-state index in [0.29, 0.717) is 33.6 Å². The first-order valence-electron chi connectivity index (χ1n) is 11.5. The molecule has 0 fully saturated rings. The highest BCUT2D eigenvalue weighted by atomic mass is 16.5. The van der Waals surface area contributed by atoms with Gasteiger partial charge >= 0.3 is 0 Å². The van der Waals surface area contributed by atoms with Crippen LogP contribution in [0, 0.1) is 11.3 Å². The third kappa shape index (κ3) is 4.13. The van der Waals surface area contributed by atoms with Crippen LogP contribution in [0.25, 0.3) is 28.4 Å². The van der Waals surface area contributed by atoms with Crippen molar-refractivity contribution in [2.24, 2.45) is 0 Å². The highest BCUT2D eigenvalue weighted by molar-refractivity contribution is 6.07. The molecule has 8 nitrogen and oxygen atoms in total. The van der Waals surface area contributed by atoms with Crippen molar-refractivity contribution in [3.05, 3.63) is 81.9 Å². The van der Waals surface area contributed by atoms with Crippen molar-refractivity contribution >= 4 is 22.9 Å². The molecule has 1 aliphatic heterocycles. The van der Waals surface area contributed by atoms with Crippen molar-refractivity contribution in [3.8, 4) is 23.2 Å². The number of nitriles is 1. The van der Waals surface area contributed by atoms with Gasteiger partial charge in [-0.05, 0) is 54.1 Å². The number of carbonyl (C=O) groups is 1. The minimum atomic E-state index is -0.693. The number of para-hydroxylation sites is 1. The minimum absolute atomic E-state index is 0.153. The van der Waals surface area contributed by atoms with Gasteiger partial charge in [0.25, 0.3) is 11.5 Å². The first kappa shape index (κ1) is 22.3. The number of methoxy groups -OCH3 is 1. The third-order valence-electron chi connectivity index (χ3n) is 6.24. The van der Waals surface area contributed by atoms with Gasteiger partial charge in [-0.15, -0.1) is 10.2 Å². The van der Waals surface area contributed by atoms with Crippen LogP contribution in [0.2, 0.25) is 0 Å². The van der Waals surface area contributed by atoms with Gasteiger partial charge in [-0.1, -0.05) is 36.8 Å². The number of benzene rings is 2. The monoisotopic (exact) mass is 465 g/mol. The molecule has 35 heavy (non-hydrogen) atoms. The van der Waals surface area contributed by atoms with Gasteiger partial charge in [-0.3, -0.25) is 9.59 Å². The predicted octanol–water partition coefficient (Wildman–Crippen LogP) is 4.24. The van der Waals surface area contributed by atoms with Crippen LogP contribution < -0.4 is 10.3 Å². The van der Waals surface area contributed by atoms with E-state index in [9.17, 15) is 14.9 Å². The molecule has 3 heterocycles. The molecule has 0 bridgehead atoms. The summed E-state index contributed by atoms with van der Waals surface area (Å²) in [6.45, 7) is 0.721. The number of ether oxygens (including phenoxy) is 1. The van der Waals surface area contributed by atoms with Gasteiger partial charge < -0.3 is 9.30 Å². The van der Waals surface area contributed by atoms with E-state index in [0.717, 1.165) is 42.6 Å². The molecule has 0 saturated carbocycles. The summed E-state index contributed by atoms with van der Waals surface area (Å²) in [5, 5.41) is 19.2. The third-order valence-corrected chi connectivity index (χ3v) is 6.24. The van der Waals surface area contributed by atoms with E-state index >= 15 is 0 Å². The number of hydrogen-bond acceptors (Lipinski definition) is 6. The second-order valence-corrected chi connectivity index (χ2v) is 8.41. The smallest absolute Gasteiger partial charge is 0.276 e. The van der Waals surface area contributed by atoms with Crippen molar-refractivity contribution in [3.63, 3.8) is 0 Å². The number of hydrogen-bond donors (Lipinski definition) is 0. The molecule has 0 amide bonds. The van der Waals surface area contributed by atoms with Gasteiger partial charge in [-0.25, -0.2) is 4.57 Å². The molecule has 0 radical (unpaired) electrons. The molecule has 0 N–H and O–H groups in total. The van der Waals surface area contributed by atoms with Gasteiger partial charge in [0.05, 0.1) is 18.2 Å². The molecule has 0 saturated heterocycles. The lowest BCUT2D eigenvalue weighted by Crippen LogP contribution is -2.29. The molecule has 0 atom stereocenters. The van der Waals surface area contributed by atoms with Crippen LogP contribution in [0.3, 0.4) is 0 Å². The Morgan fingerprint density at radius 3 is 2.66 bits per heavy atom. The Hall–Kier alpha value is -4.51. The van der Waals surface area contributed by atoms with E-state index in [1.165, 1.54) is 6.08 Å². The summed E-state index contributed by atoms with van der Waals surface area (Å²) >= 11 is 0. The second kappa shape index (κ2) is 9.39. The van der Waals surface area contributed by atoms with Crippen molar-refractivity contribution in [2.45, 2.75) is 32.2 Å². The molecule has 2 aromatic heterocycles. The van der Waals surface area contributed by atoms with E-state index in [2.05, 4.69) is 10.2 Å². The zero-order chi connectivity index (χ0) is 24.4. The highest BCUT2D eigenvalue weighted by Gasteiger charge is 2.24. The van der Waals surface area contributed by atoms with Gasteiger partial charge in [0.1, 0.15) is 23.2 Å². The summed E-state index contributed by atoms with van der Waals surface area (Å²) in [4.78, 5) is 27.4. The second-order valence-electron chi connectivity index (χ2n) is 8.41. The first-order chi connectivity index (χ1) is 17.1. The van der Waals surface area contributed by atoms with Crippen molar-refractivity contribution in [1.29, 1.82) is 5.26 Å². The lowest BCUT2D eigenvalue weighted by Gasteiger charge is -2.12. The summed E-state index contributed by atoms with van der Waals surface area (Å²) < 4.78 is 8.21. The van der Waals surface area contributed by atoms with Crippen LogP contribution in [-0.2, 0) is 13.0 Å². The maximum atomic E-state index is 13.8. The first-order valence-corrected chi connectivity index (χ1v) is 11.5. The van der Waals surface area contributed by atoms with Crippen LogP contribution in [0.5, 0.6) is 5.75 Å². The Labute approximate surface area is 201 Å². The van der Waals surface area contributed by atoms with Crippen molar-refractivity contribution in [2.75, 3.05) is 7.11 Å². The lowest BCUT2D eigenvalue weighted by molar-refractivity contribution is 0.0962. The number of allylic oxidation sites excluding steroid dienone is 1. The van der Waals surface area contributed by atoms with E-state index in [-0.39, 0.29) is 5.57 Å². The molecule has 4 aromatic rings. The van der Waals surface area contributed by atoms with Crippen LogP contribution in [0.4, 0.5) is 0 Å². The van der Waals surface area contributed by atoms with Crippen LogP contribution >= 0.6 is 0 Å². The maximum absolute atomic E-state index is 13.8. The molecule has 0 unspecified atom stereocenters. The largest absolute Gasteiger partial charge is 0.497 e. The Kier molecular flexibility index (Phi) is 5.98.